The van der Waals surface area contributed by atoms with Gasteiger partial charge in [0.05, 0.1) is 0 Å². The molecular formula is C23H48. The Morgan fingerprint density at radius 3 is 1.17 bits per heavy atom. The Morgan fingerprint density at radius 2 is 0.739 bits per heavy atom. The minimum absolute atomic E-state index is 1.03. The van der Waals surface area contributed by atoms with Crippen molar-refractivity contribution in [1.82, 2.24) is 0 Å². The van der Waals surface area contributed by atoms with E-state index in [4.69, 9.17) is 0 Å². The number of rotatable bonds is 18. The SMILES string of the molecule is CCCCCCC(CCCCC)CC(CCCC)CCCCC. The first-order valence-corrected chi connectivity index (χ1v) is 11.3. The van der Waals surface area contributed by atoms with Crippen molar-refractivity contribution in [3.63, 3.8) is 0 Å². The van der Waals surface area contributed by atoms with Crippen LogP contribution in [0.3, 0.4) is 0 Å². The highest BCUT2D eigenvalue weighted by Crippen LogP contribution is 2.30. The Bertz CT molecular complexity index is 208. The maximum atomic E-state index is 2.35. The molecule has 0 aliphatic rings. The van der Waals surface area contributed by atoms with Crippen molar-refractivity contribution in [3.8, 4) is 0 Å². The van der Waals surface area contributed by atoms with Crippen LogP contribution in [0.5, 0.6) is 0 Å². The van der Waals surface area contributed by atoms with Gasteiger partial charge in [0, 0.05) is 0 Å². The van der Waals surface area contributed by atoms with Gasteiger partial charge in [-0.2, -0.15) is 0 Å². The van der Waals surface area contributed by atoms with Gasteiger partial charge in [0.2, 0.25) is 0 Å². The fraction of sp³-hybridized carbons (Fsp3) is 1.00. The van der Waals surface area contributed by atoms with Crippen molar-refractivity contribution in [2.45, 2.75) is 137 Å². The highest BCUT2D eigenvalue weighted by Gasteiger charge is 2.16. The Morgan fingerprint density at radius 1 is 0.391 bits per heavy atom. The van der Waals surface area contributed by atoms with Crippen molar-refractivity contribution in [2.24, 2.45) is 11.8 Å². The normalized spacial score (nSPS) is 14.1. The van der Waals surface area contributed by atoms with E-state index >= 15 is 0 Å². The first kappa shape index (κ1) is 23.0. The molecule has 0 rings (SSSR count). The van der Waals surface area contributed by atoms with Crippen molar-refractivity contribution >= 4 is 0 Å². The molecule has 0 aromatic heterocycles. The van der Waals surface area contributed by atoms with Gasteiger partial charge in [-0.3, -0.25) is 0 Å². The lowest BCUT2D eigenvalue weighted by atomic mass is 9.82. The summed E-state index contributed by atoms with van der Waals surface area (Å²) in [5, 5.41) is 0. The highest BCUT2D eigenvalue weighted by atomic mass is 14.2. The predicted molar refractivity (Wildman–Crippen MR) is 108 cm³/mol. The molecule has 0 N–H and O–H groups in total. The molecule has 0 saturated carbocycles. The molecule has 0 heterocycles. The summed E-state index contributed by atoms with van der Waals surface area (Å²) >= 11 is 0. The quantitative estimate of drug-likeness (QED) is 0.221. The van der Waals surface area contributed by atoms with Crippen LogP contribution in [-0.4, -0.2) is 0 Å². The van der Waals surface area contributed by atoms with Crippen LogP contribution in [0.2, 0.25) is 0 Å². The molecule has 0 bridgehead atoms. The Labute approximate surface area is 149 Å². The zero-order valence-electron chi connectivity index (χ0n) is 17.2. The highest BCUT2D eigenvalue weighted by molar-refractivity contribution is 4.68. The van der Waals surface area contributed by atoms with Crippen molar-refractivity contribution in [1.29, 1.82) is 0 Å². The summed E-state index contributed by atoms with van der Waals surface area (Å²) in [6.07, 6.45) is 24.8. The third-order valence-corrected chi connectivity index (χ3v) is 5.53. The molecule has 23 heavy (non-hydrogen) atoms. The molecule has 140 valence electrons. The van der Waals surface area contributed by atoms with E-state index in [2.05, 4.69) is 27.7 Å². The molecule has 0 aromatic carbocycles. The second-order valence-electron chi connectivity index (χ2n) is 7.95. The predicted octanol–water partition coefficient (Wildman–Crippen LogP) is 8.93. The van der Waals surface area contributed by atoms with Crippen LogP contribution in [0.1, 0.15) is 137 Å². The van der Waals surface area contributed by atoms with Crippen LogP contribution in [0, 0.1) is 11.8 Å². The molecule has 2 unspecified atom stereocenters. The standard InChI is InChI=1S/C23H48/c1-5-9-13-16-20-23(19-15-11-7-3)21-22(17-12-8-4)18-14-10-6-2/h22-23H,5-21H2,1-4H3. The smallest absolute Gasteiger partial charge is 0.0412 e. The van der Waals surface area contributed by atoms with Crippen LogP contribution in [0.15, 0.2) is 0 Å². The molecule has 0 fully saturated rings. The largest absolute Gasteiger partial charge is 0.0654 e. The van der Waals surface area contributed by atoms with E-state index in [1.807, 2.05) is 0 Å². The summed E-state index contributed by atoms with van der Waals surface area (Å²) in [6, 6.07) is 0. The second-order valence-corrected chi connectivity index (χ2v) is 7.95. The molecule has 0 aromatic rings. The van der Waals surface area contributed by atoms with Crippen LogP contribution >= 0.6 is 0 Å². The summed E-state index contributed by atoms with van der Waals surface area (Å²) in [5.74, 6) is 2.06. The summed E-state index contributed by atoms with van der Waals surface area (Å²) in [4.78, 5) is 0. The molecule has 0 aliphatic carbocycles. The van der Waals surface area contributed by atoms with E-state index < -0.39 is 0 Å². The topological polar surface area (TPSA) is 0 Å². The maximum absolute atomic E-state index is 2.35. The molecule has 2 atom stereocenters. The maximum Gasteiger partial charge on any atom is -0.0412 e. The second kappa shape index (κ2) is 18.3. The minimum atomic E-state index is 1.03. The average molecular weight is 325 g/mol. The molecule has 0 nitrogen and oxygen atoms in total. The van der Waals surface area contributed by atoms with E-state index in [9.17, 15) is 0 Å². The van der Waals surface area contributed by atoms with Gasteiger partial charge in [-0.15, -0.1) is 0 Å². The summed E-state index contributed by atoms with van der Waals surface area (Å²) in [5.41, 5.74) is 0. The number of unbranched alkanes of at least 4 members (excludes halogenated alkanes) is 8. The zero-order chi connectivity index (χ0) is 17.2. The minimum Gasteiger partial charge on any atom is -0.0654 e. The van der Waals surface area contributed by atoms with Gasteiger partial charge in [-0.25, -0.2) is 0 Å². The molecule has 0 amide bonds. The molecular weight excluding hydrogens is 276 g/mol. The summed E-state index contributed by atoms with van der Waals surface area (Å²) < 4.78 is 0. The van der Waals surface area contributed by atoms with E-state index in [1.165, 1.54) is 103 Å². The molecule has 0 spiro atoms. The van der Waals surface area contributed by atoms with Crippen LogP contribution in [0.4, 0.5) is 0 Å². The van der Waals surface area contributed by atoms with E-state index in [0.717, 1.165) is 11.8 Å². The van der Waals surface area contributed by atoms with Crippen LogP contribution in [0.25, 0.3) is 0 Å². The third kappa shape index (κ3) is 15.3. The lowest BCUT2D eigenvalue weighted by molar-refractivity contribution is 0.285. The van der Waals surface area contributed by atoms with Gasteiger partial charge < -0.3 is 0 Å². The first-order valence-electron chi connectivity index (χ1n) is 11.3. The average Bonchev–Trinajstić information content (AvgIpc) is 2.56. The molecule has 0 saturated heterocycles. The number of hydrogen-bond donors (Lipinski definition) is 0. The van der Waals surface area contributed by atoms with Gasteiger partial charge in [0.25, 0.3) is 0 Å². The van der Waals surface area contributed by atoms with Crippen molar-refractivity contribution in [3.05, 3.63) is 0 Å². The lowest BCUT2D eigenvalue weighted by Crippen LogP contribution is -2.10. The Kier molecular flexibility index (Phi) is 18.3. The fourth-order valence-corrected chi connectivity index (χ4v) is 3.95. The molecule has 0 aliphatic heterocycles. The van der Waals surface area contributed by atoms with Gasteiger partial charge in [0.1, 0.15) is 0 Å². The van der Waals surface area contributed by atoms with Gasteiger partial charge in [-0.05, 0) is 18.3 Å². The molecule has 0 heteroatoms. The Hall–Kier alpha value is 0. The fourth-order valence-electron chi connectivity index (χ4n) is 3.95. The van der Waals surface area contributed by atoms with Crippen molar-refractivity contribution < 1.29 is 0 Å². The molecule has 0 radical (unpaired) electrons. The first-order chi connectivity index (χ1) is 11.3. The van der Waals surface area contributed by atoms with E-state index in [1.54, 1.807) is 6.42 Å². The van der Waals surface area contributed by atoms with Gasteiger partial charge in [-0.1, -0.05) is 130 Å². The zero-order valence-corrected chi connectivity index (χ0v) is 17.2. The van der Waals surface area contributed by atoms with E-state index in [0.29, 0.717) is 0 Å². The summed E-state index contributed by atoms with van der Waals surface area (Å²) in [6.45, 7) is 9.35. The van der Waals surface area contributed by atoms with Gasteiger partial charge >= 0.3 is 0 Å². The number of hydrogen-bond acceptors (Lipinski definition) is 0. The monoisotopic (exact) mass is 324 g/mol. The summed E-state index contributed by atoms with van der Waals surface area (Å²) in [7, 11) is 0. The lowest BCUT2D eigenvalue weighted by Gasteiger charge is -2.24. The van der Waals surface area contributed by atoms with Gasteiger partial charge in [0.15, 0.2) is 0 Å². The Balaban J connectivity index is 4.28. The van der Waals surface area contributed by atoms with Crippen LogP contribution < -0.4 is 0 Å². The van der Waals surface area contributed by atoms with Crippen molar-refractivity contribution in [2.75, 3.05) is 0 Å². The van der Waals surface area contributed by atoms with E-state index in [-0.39, 0.29) is 0 Å². The third-order valence-electron chi connectivity index (χ3n) is 5.53. The van der Waals surface area contributed by atoms with Crippen LogP contribution in [-0.2, 0) is 0 Å².